The van der Waals surface area contributed by atoms with Gasteiger partial charge in [-0.1, -0.05) is 28.1 Å². The zero-order valence-corrected chi connectivity index (χ0v) is 12.8. The van der Waals surface area contributed by atoms with E-state index >= 15 is 0 Å². The Morgan fingerprint density at radius 1 is 1.53 bits per heavy atom. The molecule has 19 heavy (non-hydrogen) atoms. The van der Waals surface area contributed by atoms with Crippen molar-refractivity contribution in [2.75, 3.05) is 0 Å². The van der Waals surface area contributed by atoms with Crippen LogP contribution in [0.25, 0.3) is 0 Å². The molecule has 1 aromatic heterocycles. The smallest absolute Gasteiger partial charge is 0.350 e. The number of carbonyl (C=O) groups excluding carboxylic acids is 1. The van der Waals surface area contributed by atoms with Gasteiger partial charge in [-0.25, -0.2) is 9.78 Å². The summed E-state index contributed by atoms with van der Waals surface area (Å²) in [6.45, 7) is 2.36. The molecule has 2 rings (SSSR count). The van der Waals surface area contributed by atoms with Crippen LogP contribution in [0.4, 0.5) is 0 Å². The average molecular weight is 341 g/mol. The third kappa shape index (κ3) is 3.62. The normalized spacial score (nSPS) is 10.5. The molecule has 0 saturated carbocycles. The molecule has 0 atom stereocenters. The lowest BCUT2D eigenvalue weighted by atomic mass is 10.2. The molecule has 0 saturated heterocycles. The van der Waals surface area contributed by atoms with Crippen LogP contribution in [0.3, 0.4) is 0 Å². The highest BCUT2D eigenvalue weighted by Gasteiger charge is 2.16. The number of aryl methyl sites for hydroxylation is 1. The van der Waals surface area contributed by atoms with E-state index in [0.717, 1.165) is 15.0 Å². The lowest BCUT2D eigenvalue weighted by molar-refractivity contribution is 0.0477. The minimum absolute atomic E-state index is 0.244. The van der Waals surface area contributed by atoms with E-state index < -0.39 is 0 Å². The standard InChI is InChI=1S/C13H13BrN2O2S/c1-8-12(19-11(6-15)16-8)13(17)18-7-9-3-2-4-10(14)5-9/h2-5H,6-7,15H2,1H3. The molecule has 0 fully saturated rings. The Morgan fingerprint density at radius 3 is 2.95 bits per heavy atom. The van der Waals surface area contributed by atoms with Crippen molar-refractivity contribution >= 4 is 33.2 Å². The molecule has 1 aromatic carbocycles. The highest BCUT2D eigenvalue weighted by atomic mass is 79.9. The van der Waals surface area contributed by atoms with E-state index in [9.17, 15) is 4.79 Å². The summed E-state index contributed by atoms with van der Waals surface area (Å²) in [5.41, 5.74) is 7.11. The number of esters is 1. The Balaban J connectivity index is 2.03. The van der Waals surface area contributed by atoms with Gasteiger partial charge in [0, 0.05) is 11.0 Å². The van der Waals surface area contributed by atoms with E-state index in [0.29, 0.717) is 17.1 Å². The first kappa shape index (κ1) is 14.2. The number of hydrogen-bond acceptors (Lipinski definition) is 5. The van der Waals surface area contributed by atoms with E-state index in [1.165, 1.54) is 11.3 Å². The van der Waals surface area contributed by atoms with E-state index in [4.69, 9.17) is 10.5 Å². The SMILES string of the molecule is Cc1nc(CN)sc1C(=O)OCc1cccc(Br)c1. The number of aromatic nitrogens is 1. The first-order valence-electron chi connectivity index (χ1n) is 5.68. The zero-order chi connectivity index (χ0) is 13.8. The molecule has 2 aromatic rings. The van der Waals surface area contributed by atoms with Gasteiger partial charge in [-0.3, -0.25) is 0 Å². The van der Waals surface area contributed by atoms with Crippen molar-refractivity contribution in [1.82, 2.24) is 4.98 Å². The second kappa shape index (κ2) is 6.27. The van der Waals surface area contributed by atoms with Crippen LogP contribution in [0.1, 0.15) is 25.9 Å². The van der Waals surface area contributed by atoms with Crippen LogP contribution < -0.4 is 5.73 Å². The maximum Gasteiger partial charge on any atom is 0.350 e. The molecular weight excluding hydrogens is 328 g/mol. The molecule has 0 amide bonds. The summed E-state index contributed by atoms with van der Waals surface area (Å²) in [7, 11) is 0. The maximum atomic E-state index is 11.9. The van der Waals surface area contributed by atoms with Crippen LogP contribution in [0.5, 0.6) is 0 Å². The van der Waals surface area contributed by atoms with Gasteiger partial charge in [-0.15, -0.1) is 11.3 Å². The van der Waals surface area contributed by atoms with Crippen molar-refractivity contribution in [3.05, 3.63) is 49.9 Å². The number of carbonyl (C=O) groups is 1. The summed E-state index contributed by atoms with van der Waals surface area (Å²) in [6, 6.07) is 7.64. The van der Waals surface area contributed by atoms with Crippen molar-refractivity contribution < 1.29 is 9.53 Å². The van der Waals surface area contributed by atoms with Gasteiger partial charge in [0.05, 0.1) is 5.69 Å². The fourth-order valence-electron chi connectivity index (χ4n) is 1.57. The predicted octanol–water partition coefficient (Wildman–Crippen LogP) is 3.03. The van der Waals surface area contributed by atoms with E-state index in [2.05, 4.69) is 20.9 Å². The summed E-state index contributed by atoms with van der Waals surface area (Å²) >= 11 is 4.66. The molecule has 2 N–H and O–H groups in total. The number of hydrogen-bond donors (Lipinski definition) is 1. The van der Waals surface area contributed by atoms with Crippen molar-refractivity contribution in [2.45, 2.75) is 20.1 Å². The molecule has 0 unspecified atom stereocenters. The van der Waals surface area contributed by atoms with Crippen molar-refractivity contribution in [2.24, 2.45) is 5.73 Å². The molecule has 1 heterocycles. The van der Waals surface area contributed by atoms with Gasteiger partial charge in [0.15, 0.2) is 0 Å². The molecule has 0 aliphatic heterocycles. The van der Waals surface area contributed by atoms with Gasteiger partial charge >= 0.3 is 5.97 Å². The fraction of sp³-hybridized carbons (Fsp3) is 0.231. The van der Waals surface area contributed by atoms with Crippen LogP contribution in [0.2, 0.25) is 0 Å². The van der Waals surface area contributed by atoms with Crippen molar-refractivity contribution in [3.8, 4) is 0 Å². The second-order valence-electron chi connectivity index (χ2n) is 3.93. The van der Waals surface area contributed by atoms with Gasteiger partial charge < -0.3 is 10.5 Å². The summed E-state index contributed by atoms with van der Waals surface area (Å²) in [6.07, 6.45) is 0. The zero-order valence-electron chi connectivity index (χ0n) is 10.4. The van der Waals surface area contributed by atoms with Gasteiger partial charge in [0.25, 0.3) is 0 Å². The molecular formula is C13H13BrN2O2S. The molecule has 0 bridgehead atoms. The topological polar surface area (TPSA) is 65.2 Å². The van der Waals surface area contributed by atoms with Gasteiger partial charge in [0.2, 0.25) is 0 Å². The van der Waals surface area contributed by atoms with E-state index in [-0.39, 0.29) is 12.6 Å². The summed E-state index contributed by atoms with van der Waals surface area (Å²) < 4.78 is 6.24. The molecule has 4 nitrogen and oxygen atoms in total. The van der Waals surface area contributed by atoms with Gasteiger partial charge in [-0.2, -0.15) is 0 Å². The molecule has 6 heteroatoms. The maximum absolute atomic E-state index is 11.9. The van der Waals surface area contributed by atoms with Crippen molar-refractivity contribution in [1.29, 1.82) is 0 Å². The minimum atomic E-state index is -0.352. The summed E-state index contributed by atoms with van der Waals surface area (Å²) in [4.78, 5) is 16.7. The van der Waals surface area contributed by atoms with E-state index in [1.807, 2.05) is 24.3 Å². The predicted molar refractivity (Wildman–Crippen MR) is 78.0 cm³/mol. The highest BCUT2D eigenvalue weighted by molar-refractivity contribution is 9.10. The Morgan fingerprint density at radius 2 is 2.32 bits per heavy atom. The Hall–Kier alpha value is -1.24. The monoisotopic (exact) mass is 340 g/mol. The third-order valence-electron chi connectivity index (χ3n) is 2.46. The van der Waals surface area contributed by atoms with E-state index in [1.54, 1.807) is 6.92 Å². The fourth-order valence-corrected chi connectivity index (χ4v) is 2.85. The molecule has 0 radical (unpaired) electrons. The third-order valence-corrected chi connectivity index (χ3v) is 4.11. The van der Waals surface area contributed by atoms with Crippen LogP contribution in [-0.4, -0.2) is 11.0 Å². The lowest BCUT2D eigenvalue weighted by Gasteiger charge is -2.04. The van der Waals surface area contributed by atoms with Crippen LogP contribution in [-0.2, 0) is 17.9 Å². The first-order valence-corrected chi connectivity index (χ1v) is 7.29. The Kier molecular flexibility index (Phi) is 4.68. The van der Waals surface area contributed by atoms with Crippen molar-refractivity contribution in [3.63, 3.8) is 0 Å². The van der Waals surface area contributed by atoms with Crippen LogP contribution in [0.15, 0.2) is 28.7 Å². The largest absolute Gasteiger partial charge is 0.457 e. The number of rotatable bonds is 4. The first-order chi connectivity index (χ1) is 9.10. The molecule has 0 spiro atoms. The van der Waals surface area contributed by atoms with Crippen LogP contribution in [0, 0.1) is 6.92 Å². The highest BCUT2D eigenvalue weighted by Crippen LogP contribution is 2.19. The average Bonchev–Trinajstić information content (AvgIpc) is 2.77. The van der Waals surface area contributed by atoms with Crippen LogP contribution >= 0.6 is 27.3 Å². The number of ether oxygens (including phenoxy) is 1. The summed E-state index contributed by atoms with van der Waals surface area (Å²) in [5, 5.41) is 0.743. The molecule has 100 valence electrons. The number of thiazole rings is 1. The van der Waals surface area contributed by atoms with Gasteiger partial charge in [0.1, 0.15) is 16.5 Å². The quantitative estimate of drug-likeness (QED) is 0.868. The Bertz CT molecular complexity index is 598. The number of nitrogens with zero attached hydrogens (tertiary/aromatic N) is 1. The molecule has 0 aliphatic carbocycles. The molecule has 0 aliphatic rings. The second-order valence-corrected chi connectivity index (χ2v) is 5.93. The summed E-state index contributed by atoms with van der Waals surface area (Å²) in [5.74, 6) is -0.352. The number of benzene rings is 1. The number of halogens is 1. The number of nitrogens with two attached hydrogens (primary N) is 1. The lowest BCUT2D eigenvalue weighted by Crippen LogP contribution is -2.04. The Labute approximate surface area is 123 Å². The minimum Gasteiger partial charge on any atom is -0.457 e. The van der Waals surface area contributed by atoms with Gasteiger partial charge in [-0.05, 0) is 24.6 Å².